The summed E-state index contributed by atoms with van der Waals surface area (Å²) in [5, 5.41) is 2.49. The number of amides is 2. The van der Waals surface area contributed by atoms with Crippen molar-refractivity contribution in [3.05, 3.63) is 35.9 Å². The Labute approximate surface area is 93.4 Å². The average Bonchev–Trinajstić information content (AvgIpc) is 2.35. The number of hydrogen-bond acceptors (Lipinski definition) is 3. The Morgan fingerprint density at radius 3 is 2.50 bits per heavy atom. The van der Waals surface area contributed by atoms with E-state index in [1.165, 1.54) is 0 Å². The van der Waals surface area contributed by atoms with Gasteiger partial charge in [0.05, 0.1) is 6.54 Å². The van der Waals surface area contributed by atoms with Crippen LogP contribution in [0.3, 0.4) is 0 Å². The van der Waals surface area contributed by atoms with E-state index in [-0.39, 0.29) is 6.54 Å². The second kappa shape index (κ2) is 5.77. The van der Waals surface area contributed by atoms with Gasteiger partial charge in [-0.05, 0) is 12.3 Å². The molecule has 0 saturated heterocycles. The topological polar surface area (TPSA) is 84.5 Å². The Morgan fingerprint density at radius 2 is 2.00 bits per heavy atom. The first kappa shape index (κ1) is 12.1. The lowest BCUT2D eigenvalue weighted by Gasteiger charge is -2.14. The van der Waals surface area contributed by atoms with Gasteiger partial charge in [-0.3, -0.25) is 9.59 Å². The number of hydrogen-bond donors (Lipinski definition) is 2. The van der Waals surface area contributed by atoms with Crippen LogP contribution in [0.15, 0.2) is 35.3 Å². The zero-order chi connectivity index (χ0) is 12.0. The first-order valence-electron chi connectivity index (χ1n) is 4.74. The maximum atomic E-state index is 11.5. The molecule has 0 aliphatic carbocycles. The van der Waals surface area contributed by atoms with Crippen molar-refractivity contribution in [2.45, 2.75) is 6.04 Å². The lowest BCUT2D eigenvalue weighted by Crippen LogP contribution is -2.37. The summed E-state index contributed by atoms with van der Waals surface area (Å²) in [5.41, 5.74) is 5.82. The molecule has 0 saturated carbocycles. The Bertz CT molecular complexity index is 389. The Kier molecular flexibility index (Phi) is 4.35. The fourth-order valence-electron chi connectivity index (χ4n) is 1.24. The zero-order valence-electron chi connectivity index (χ0n) is 8.72. The van der Waals surface area contributed by atoms with Gasteiger partial charge in [0, 0.05) is 0 Å². The van der Waals surface area contributed by atoms with Gasteiger partial charge in [0.2, 0.25) is 5.91 Å². The second-order valence-electron chi connectivity index (χ2n) is 3.11. The Hall–Kier alpha value is -2.01. The first-order chi connectivity index (χ1) is 7.69. The third-order valence-electron chi connectivity index (χ3n) is 2.03. The first-order valence-corrected chi connectivity index (χ1v) is 4.74. The third kappa shape index (κ3) is 2.99. The molecule has 0 radical (unpaired) electrons. The van der Waals surface area contributed by atoms with Crippen LogP contribution in [-0.4, -0.2) is 25.1 Å². The largest absolute Gasteiger partial charge is 0.339 e. The van der Waals surface area contributed by atoms with Crippen molar-refractivity contribution in [3.8, 4) is 0 Å². The van der Waals surface area contributed by atoms with E-state index in [1.807, 2.05) is 6.07 Å². The summed E-state index contributed by atoms with van der Waals surface area (Å²) < 4.78 is 0. The van der Waals surface area contributed by atoms with E-state index in [1.54, 1.807) is 24.3 Å². The molecule has 0 spiro atoms. The van der Waals surface area contributed by atoms with Crippen LogP contribution in [0.1, 0.15) is 11.6 Å². The standard InChI is InChI=1S/C11H13N3O2/c1-13-11(16)10(14-9(15)7-12)8-5-3-2-4-6-8/h2-6,10H,1,7,12H2,(H,14,15)/t10-/m0/s1. The van der Waals surface area contributed by atoms with Gasteiger partial charge >= 0.3 is 0 Å². The van der Waals surface area contributed by atoms with Crippen LogP contribution < -0.4 is 11.1 Å². The van der Waals surface area contributed by atoms with Crippen molar-refractivity contribution in [2.75, 3.05) is 6.54 Å². The highest BCUT2D eigenvalue weighted by molar-refractivity contribution is 5.91. The van der Waals surface area contributed by atoms with Gasteiger partial charge in [0.15, 0.2) is 0 Å². The fourth-order valence-corrected chi connectivity index (χ4v) is 1.24. The van der Waals surface area contributed by atoms with Crippen LogP contribution in [0, 0.1) is 0 Å². The molecule has 5 heteroatoms. The molecule has 0 aliphatic heterocycles. The summed E-state index contributed by atoms with van der Waals surface area (Å²) in [4.78, 5) is 26.0. The van der Waals surface area contributed by atoms with Crippen molar-refractivity contribution in [1.82, 2.24) is 5.32 Å². The van der Waals surface area contributed by atoms with Crippen LogP contribution in [0.5, 0.6) is 0 Å². The molecule has 5 nitrogen and oxygen atoms in total. The molecule has 1 rings (SSSR count). The molecule has 0 unspecified atom stereocenters. The number of nitrogens with two attached hydrogens (primary N) is 1. The maximum Gasteiger partial charge on any atom is 0.272 e. The van der Waals surface area contributed by atoms with E-state index in [0.29, 0.717) is 5.56 Å². The van der Waals surface area contributed by atoms with E-state index >= 15 is 0 Å². The molecule has 0 aromatic heterocycles. The Balaban J connectivity index is 2.92. The molecule has 16 heavy (non-hydrogen) atoms. The van der Waals surface area contributed by atoms with E-state index in [4.69, 9.17) is 5.73 Å². The third-order valence-corrected chi connectivity index (χ3v) is 2.03. The molecule has 0 heterocycles. The molecule has 1 atom stereocenters. The number of carbonyl (C=O) groups excluding carboxylic acids is 2. The molecule has 0 bridgehead atoms. The highest BCUT2D eigenvalue weighted by Crippen LogP contribution is 2.13. The van der Waals surface area contributed by atoms with Gasteiger partial charge in [-0.25, -0.2) is 4.99 Å². The number of aliphatic imine (C=N–C) groups is 1. The lowest BCUT2D eigenvalue weighted by atomic mass is 10.1. The summed E-state index contributed by atoms with van der Waals surface area (Å²) in [6, 6.07) is 8.00. The van der Waals surface area contributed by atoms with Crippen molar-refractivity contribution in [3.63, 3.8) is 0 Å². The summed E-state index contributed by atoms with van der Waals surface area (Å²) in [7, 11) is 0. The van der Waals surface area contributed by atoms with Gasteiger partial charge in [-0.2, -0.15) is 0 Å². The summed E-state index contributed by atoms with van der Waals surface area (Å²) in [5.74, 6) is -0.918. The molecule has 1 aromatic rings. The minimum atomic E-state index is -0.810. The zero-order valence-corrected chi connectivity index (χ0v) is 8.72. The van der Waals surface area contributed by atoms with Crippen LogP contribution >= 0.6 is 0 Å². The number of rotatable bonds is 4. The van der Waals surface area contributed by atoms with Gasteiger partial charge < -0.3 is 11.1 Å². The van der Waals surface area contributed by atoms with Crippen LogP contribution in [0.4, 0.5) is 0 Å². The predicted molar refractivity (Wildman–Crippen MR) is 60.9 cm³/mol. The smallest absolute Gasteiger partial charge is 0.272 e. The number of nitrogens with zero attached hydrogens (tertiary/aromatic N) is 1. The minimum absolute atomic E-state index is 0.173. The van der Waals surface area contributed by atoms with Crippen LogP contribution in [0.2, 0.25) is 0 Å². The minimum Gasteiger partial charge on any atom is -0.339 e. The van der Waals surface area contributed by atoms with Crippen LogP contribution in [-0.2, 0) is 9.59 Å². The normalized spacial score (nSPS) is 11.6. The van der Waals surface area contributed by atoms with Crippen molar-refractivity contribution in [1.29, 1.82) is 0 Å². The average molecular weight is 219 g/mol. The quantitative estimate of drug-likeness (QED) is 0.700. The molecule has 2 amide bonds. The van der Waals surface area contributed by atoms with E-state index in [2.05, 4.69) is 17.0 Å². The molecule has 3 N–H and O–H groups in total. The SMILES string of the molecule is C=NC(=O)[C@@H](NC(=O)CN)c1ccccc1. The second-order valence-corrected chi connectivity index (χ2v) is 3.11. The number of nitrogens with one attached hydrogen (secondary N) is 1. The lowest BCUT2D eigenvalue weighted by molar-refractivity contribution is -0.126. The van der Waals surface area contributed by atoms with Crippen molar-refractivity contribution in [2.24, 2.45) is 10.7 Å². The Morgan fingerprint density at radius 1 is 1.38 bits per heavy atom. The van der Waals surface area contributed by atoms with E-state index in [0.717, 1.165) is 0 Å². The van der Waals surface area contributed by atoms with Crippen molar-refractivity contribution >= 4 is 18.5 Å². The van der Waals surface area contributed by atoms with Gasteiger partial charge in [-0.1, -0.05) is 30.3 Å². The molecule has 84 valence electrons. The van der Waals surface area contributed by atoms with E-state index < -0.39 is 17.9 Å². The van der Waals surface area contributed by atoms with Gasteiger partial charge in [-0.15, -0.1) is 0 Å². The number of carbonyl (C=O) groups is 2. The highest BCUT2D eigenvalue weighted by Gasteiger charge is 2.20. The summed E-state index contributed by atoms with van der Waals surface area (Å²) in [6.07, 6.45) is 0. The fraction of sp³-hybridized carbons (Fsp3) is 0.182. The monoisotopic (exact) mass is 219 g/mol. The molecular weight excluding hydrogens is 206 g/mol. The van der Waals surface area contributed by atoms with E-state index in [9.17, 15) is 9.59 Å². The highest BCUT2D eigenvalue weighted by atomic mass is 16.2. The molecule has 1 aromatic carbocycles. The maximum absolute atomic E-state index is 11.5. The van der Waals surface area contributed by atoms with Gasteiger partial charge in [0.25, 0.3) is 5.91 Å². The van der Waals surface area contributed by atoms with Gasteiger partial charge in [0.1, 0.15) is 6.04 Å². The summed E-state index contributed by atoms with van der Waals surface area (Å²) >= 11 is 0. The van der Waals surface area contributed by atoms with Crippen LogP contribution in [0.25, 0.3) is 0 Å². The molecular formula is C11H13N3O2. The summed E-state index contributed by atoms with van der Waals surface area (Å²) in [6.45, 7) is 2.99. The molecule has 0 fully saturated rings. The predicted octanol–water partition coefficient (Wildman–Crippen LogP) is 0.0298. The number of benzene rings is 1. The van der Waals surface area contributed by atoms with Crippen molar-refractivity contribution < 1.29 is 9.59 Å². The molecule has 0 aliphatic rings.